The molecule has 1 unspecified atom stereocenters. The topological polar surface area (TPSA) is 26.0 Å². The third-order valence-corrected chi connectivity index (χ3v) is 2.16. The first-order valence-electron chi connectivity index (χ1n) is 4.63. The Morgan fingerprint density at radius 2 is 2.36 bits per heavy atom. The Morgan fingerprint density at radius 3 is 2.91 bits per heavy atom. The highest BCUT2D eigenvalue weighted by Crippen LogP contribution is 2.22. The molecule has 1 atom stereocenters. The van der Waals surface area contributed by atoms with E-state index in [1.165, 1.54) is 25.7 Å². The Morgan fingerprint density at radius 1 is 1.64 bits per heavy atom. The van der Waals surface area contributed by atoms with Gasteiger partial charge in [0.2, 0.25) is 0 Å². The molecular weight excluding hydrogens is 134 g/mol. The van der Waals surface area contributed by atoms with Gasteiger partial charge in [0.05, 0.1) is 0 Å². The third kappa shape index (κ3) is 3.06. The van der Waals surface area contributed by atoms with Gasteiger partial charge in [-0.1, -0.05) is 25.5 Å². The molecule has 11 heavy (non-hydrogen) atoms. The van der Waals surface area contributed by atoms with Crippen molar-refractivity contribution < 1.29 is 0 Å². The molecule has 1 aliphatic carbocycles. The minimum absolute atomic E-state index is 0.345. The summed E-state index contributed by atoms with van der Waals surface area (Å²) in [5.74, 6) is 0.784. The lowest BCUT2D eigenvalue weighted by molar-refractivity contribution is 0.563. The van der Waals surface area contributed by atoms with Gasteiger partial charge >= 0.3 is 0 Å². The largest absolute Gasteiger partial charge is 0.324 e. The molecule has 64 valence electrons. The van der Waals surface area contributed by atoms with Crippen LogP contribution in [0.4, 0.5) is 0 Å². The standard InChI is InChI=1S/C10H19N/c1-8(2)6-9-4-3-5-10(11)7-9/h7-8,10H,3-6,11H2,1-2H3. The Hall–Kier alpha value is -0.300. The second-order valence-electron chi connectivity index (χ2n) is 3.98. The quantitative estimate of drug-likeness (QED) is 0.606. The van der Waals surface area contributed by atoms with E-state index in [0.29, 0.717) is 6.04 Å². The molecule has 1 rings (SSSR count). The second-order valence-corrected chi connectivity index (χ2v) is 3.98. The van der Waals surface area contributed by atoms with Gasteiger partial charge in [-0.15, -0.1) is 0 Å². The Kier molecular flexibility index (Phi) is 3.13. The van der Waals surface area contributed by atoms with Gasteiger partial charge < -0.3 is 5.73 Å². The number of nitrogens with two attached hydrogens (primary N) is 1. The predicted molar refractivity (Wildman–Crippen MR) is 49.4 cm³/mol. The lowest BCUT2D eigenvalue weighted by atomic mass is 9.91. The summed E-state index contributed by atoms with van der Waals surface area (Å²) in [5.41, 5.74) is 7.41. The van der Waals surface area contributed by atoms with Crippen LogP contribution < -0.4 is 5.73 Å². The van der Waals surface area contributed by atoms with Gasteiger partial charge in [0.1, 0.15) is 0 Å². The van der Waals surface area contributed by atoms with Crippen LogP contribution >= 0.6 is 0 Å². The van der Waals surface area contributed by atoms with E-state index in [1.807, 2.05) is 0 Å². The summed E-state index contributed by atoms with van der Waals surface area (Å²) in [4.78, 5) is 0. The first kappa shape index (κ1) is 8.79. The molecule has 1 heteroatoms. The highest BCUT2D eigenvalue weighted by atomic mass is 14.6. The summed E-state index contributed by atoms with van der Waals surface area (Å²) >= 11 is 0. The molecule has 0 aromatic rings. The van der Waals surface area contributed by atoms with Gasteiger partial charge in [-0.25, -0.2) is 0 Å². The van der Waals surface area contributed by atoms with E-state index in [0.717, 1.165) is 5.92 Å². The predicted octanol–water partition coefficient (Wildman–Crippen LogP) is 2.47. The summed E-state index contributed by atoms with van der Waals surface area (Å²) in [5, 5.41) is 0. The molecule has 0 saturated carbocycles. The zero-order valence-electron chi connectivity index (χ0n) is 7.64. The number of hydrogen-bond acceptors (Lipinski definition) is 1. The van der Waals surface area contributed by atoms with Crippen molar-refractivity contribution in [3.05, 3.63) is 11.6 Å². The fraction of sp³-hybridized carbons (Fsp3) is 0.800. The minimum Gasteiger partial charge on any atom is -0.324 e. The van der Waals surface area contributed by atoms with Crippen LogP contribution in [0.3, 0.4) is 0 Å². The van der Waals surface area contributed by atoms with Gasteiger partial charge in [-0.2, -0.15) is 0 Å². The monoisotopic (exact) mass is 153 g/mol. The molecule has 0 radical (unpaired) electrons. The molecule has 0 heterocycles. The van der Waals surface area contributed by atoms with Crippen molar-refractivity contribution in [3.8, 4) is 0 Å². The molecule has 0 spiro atoms. The van der Waals surface area contributed by atoms with Gasteiger partial charge in [-0.05, 0) is 31.6 Å². The highest BCUT2D eigenvalue weighted by molar-refractivity contribution is 5.10. The van der Waals surface area contributed by atoms with Crippen molar-refractivity contribution in [2.45, 2.75) is 45.6 Å². The maximum absolute atomic E-state index is 5.82. The van der Waals surface area contributed by atoms with Gasteiger partial charge in [0, 0.05) is 6.04 Å². The van der Waals surface area contributed by atoms with Gasteiger partial charge in [0.25, 0.3) is 0 Å². The van der Waals surface area contributed by atoms with Gasteiger partial charge in [0.15, 0.2) is 0 Å². The highest BCUT2D eigenvalue weighted by Gasteiger charge is 2.10. The van der Waals surface area contributed by atoms with E-state index in [9.17, 15) is 0 Å². The van der Waals surface area contributed by atoms with E-state index in [-0.39, 0.29) is 0 Å². The van der Waals surface area contributed by atoms with E-state index < -0.39 is 0 Å². The van der Waals surface area contributed by atoms with E-state index in [2.05, 4.69) is 19.9 Å². The molecule has 0 aromatic heterocycles. The molecule has 1 aliphatic rings. The average Bonchev–Trinajstić information content (AvgIpc) is 1.85. The van der Waals surface area contributed by atoms with Crippen LogP contribution in [0.15, 0.2) is 11.6 Å². The number of allylic oxidation sites excluding steroid dienone is 1. The first-order chi connectivity index (χ1) is 5.18. The maximum atomic E-state index is 5.82. The van der Waals surface area contributed by atoms with Crippen molar-refractivity contribution in [2.24, 2.45) is 11.7 Å². The van der Waals surface area contributed by atoms with Crippen molar-refractivity contribution in [1.82, 2.24) is 0 Å². The fourth-order valence-electron chi connectivity index (χ4n) is 1.73. The van der Waals surface area contributed by atoms with Crippen LogP contribution in [0.5, 0.6) is 0 Å². The van der Waals surface area contributed by atoms with Crippen LogP contribution in [0.25, 0.3) is 0 Å². The van der Waals surface area contributed by atoms with Crippen molar-refractivity contribution in [2.75, 3.05) is 0 Å². The van der Waals surface area contributed by atoms with Crippen LogP contribution in [0.1, 0.15) is 39.5 Å². The SMILES string of the molecule is CC(C)CC1=CC(N)CCC1. The molecule has 1 nitrogen and oxygen atoms in total. The Bertz CT molecular complexity index is 147. The Labute approximate surface area is 69.7 Å². The van der Waals surface area contributed by atoms with E-state index >= 15 is 0 Å². The van der Waals surface area contributed by atoms with Crippen LogP contribution in [-0.2, 0) is 0 Å². The van der Waals surface area contributed by atoms with Gasteiger partial charge in [-0.3, -0.25) is 0 Å². The van der Waals surface area contributed by atoms with Crippen LogP contribution in [0, 0.1) is 5.92 Å². The average molecular weight is 153 g/mol. The van der Waals surface area contributed by atoms with Crippen molar-refractivity contribution >= 4 is 0 Å². The molecule has 0 fully saturated rings. The minimum atomic E-state index is 0.345. The zero-order chi connectivity index (χ0) is 8.27. The first-order valence-corrected chi connectivity index (χ1v) is 4.63. The van der Waals surface area contributed by atoms with E-state index in [1.54, 1.807) is 5.57 Å². The van der Waals surface area contributed by atoms with Crippen LogP contribution in [0.2, 0.25) is 0 Å². The molecule has 0 amide bonds. The lowest BCUT2D eigenvalue weighted by Crippen LogP contribution is -2.20. The van der Waals surface area contributed by atoms with E-state index in [4.69, 9.17) is 5.73 Å². The molecule has 0 aromatic carbocycles. The molecular formula is C10H19N. The van der Waals surface area contributed by atoms with Crippen molar-refractivity contribution in [3.63, 3.8) is 0 Å². The summed E-state index contributed by atoms with van der Waals surface area (Å²) in [6.07, 6.45) is 7.27. The summed E-state index contributed by atoms with van der Waals surface area (Å²) in [7, 11) is 0. The number of rotatable bonds is 2. The summed E-state index contributed by atoms with van der Waals surface area (Å²) < 4.78 is 0. The van der Waals surface area contributed by atoms with Crippen molar-refractivity contribution in [1.29, 1.82) is 0 Å². The lowest BCUT2D eigenvalue weighted by Gasteiger charge is -2.18. The molecule has 0 aliphatic heterocycles. The maximum Gasteiger partial charge on any atom is 0.0226 e. The number of hydrogen-bond donors (Lipinski definition) is 1. The zero-order valence-corrected chi connectivity index (χ0v) is 7.64. The smallest absolute Gasteiger partial charge is 0.0226 e. The molecule has 0 saturated heterocycles. The second kappa shape index (κ2) is 3.91. The fourth-order valence-corrected chi connectivity index (χ4v) is 1.73. The summed E-state index contributed by atoms with van der Waals surface area (Å²) in [6.45, 7) is 4.53. The van der Waals surface area contributed by atoms with Crippen LogP contribution in [-0.4, -0.2) is 6.04 Å². The molecule has 0 bridgehead atoms. The third-order valence-electron chi connectivity index (χ3n) is 2.16. The summed E-state index contributed by atoms with van der Waals surface area (Å²) in [6, 6.07) is 0.345. The normalized spacial score (nSPS) is 25.5. The Balaban J connectivity index is 2.43. The molecule has 2 N–H and O–H groups in total.